The summed E-state index contributed by atoms with van der Waals surface area (Å²) in [4.78, 5) is 9.54. The Kier molecular flexibility index (Phi) is 2.33. The largest absolute Gasteiger partial charge is 0.277 e. The van der Waals surface area contributed by atoms with Gasteiger partial charge in [-0.05, 0) is 37.4 Å². The molecule has 86 valence electrons. The molecule has 0 atom stereocenters. The van der Waals surface area contributed by atoms with E-state index in [1.165, 1.54) is 0 Å². The van der Waals surface area contributed by atoms with Crippen LogP contribution < -0.4 is 5.43 Å². The van der Waals surface area contributed by atoms with Gasteiger partial charge in [0.15, 0.2) is 5.82 Å². The first-order chi connectivity index (χ1) is 8.25. The van der Waals surface area contributed by atoms with Crippen LogP contribution in [0, 0.1) is 13.8 Å². The molecule has 0 unspecified atom stereocenters. The fourth-order valence-electron chi connectivity index (χ4n) is 1.83. The molecule has 4 nitrogen and oxygen atoms in total. The fourth-order valence-corrected chi connectivity index (χ4v) is 2.56. The summed E-state index contributed by atoms with van der Waals surface area (Å²) >= 11 is 1.62. The van der Waals surface area contributed by atoms with Gasteiger partial charge >= 0.3 is 0 Å². The Morgan fingerprint density at radius 3 is 2.65 bits per heavy atom. The smallest absolute Gasteiger partial charge is 0.157 e. The van der Waals surface area contributed by atoms with Gasteiger partial charge in [0.25, 0.3) is 0 Å². The Hall–Kier alpha value is -1.88. The number of aromatic nitrogens is 3. The second-order valence-electron chi connectivity index (χ2n) is 3.93. The van der Waals surface area contributed by atoms with E-state index in [4.69, 9.17) is 0 Å². The van der Waals surface area contributed by atoms with Gasteiger partial charge in [-0.1, -0.05) is 0 Å². The van der Waals surface area contributed by atoms with Crippen LogP contribution in [0.25, 0.3) is 10.2 Å². The molecule has 0 aliphatic carbocycles. The predicted molar refractivity (Wildman–Crippen MR) is 70.3 cm³/mol. The van der Waals surface area contributed by atoms with Crippen molar-refractivity contribution in [1.29, 1.82) is 0 Å². The molecule has 0 spiro atoms. The van der Waals surface area contributed by atoms with Gasteiger partial charge in [-0.2, -0.15) is 0 Å². The Balaban J connectivity index is 2.08. The van der Waals surface area contributed by atoms with Crippen molar-refractivity contribution in [2.45, 2.75) is 13.8 Å². The van der Waals surface area contributed by atoms with Gasteiger partial charge in [0.05, 0.1) is 5.39 Å². The van der Waals surface area contributed by atoms with E-state index in [0.717, 1.165) is 27.4 Å². The average Bonchev–Trinajstić information content (AvgIpc) is 2.91. The van der Waals surface area contributed by atoms with Crippen LogP contribution in [0.5, 0.6) is 0 Å². The van der Waals surface area contributed by atoms with E-state index < -0.39 is 0 Å². The third kappa shape index (κ3) is 1.68. The van der Waals surface area contributed by atoms with Crippen LogP contribution >= 0.6 is 11.3 Å². The standard InChI is InChI=1S/C12H12N4S/c1-8-3-4-9(2)16(8)15-11-10-5-6-17-12(10)14-7-13-11/h3-7H,1-2H3,(H,13,14,15). The highest BCUT2D eigenvalue weighted by molar-refractivity contribution is 7.16. The molecule has 0 aliphatic heterocycles. The van der Waals surface area contributed by atoms with Crippen molar-refractivity contribution >= 4 is 27.4 Å². The third-order valence-electron chi connectivity index (χ3n) is 2.75. The van der Waals surface area contributed by atoms with Crippen molar-refractivity contribution in [2.75, 3.05) is 5.43 Å². The molecule has 0 aliphatic rings. The van der Waals surface area contributed by atoms with E-state index in [1.54, 1.807) is 17.7 Å². The van der Waals surface area contributed by atoms with E-state index in [9.17, 15) is 0 Å². The molecule has 0 radical (unpaired) electrons. The Labute approximate surface area is 103 Å². The first kappa shape index (κ1) is 10.3. The lowest BCUT2D eigenvalue weighted by Crippen LogP contribution is -2.13. The number of hydrogen-bond acceptors (Lipinski definition) is 4. The highest BCUT2D eigenvalue weighted by Crippen LogP contribution is 2.24. The summed E-state index contributed by atoms with van der Waals surface area (Å²) in [6.07, 6.45) is 1.59. The molecule has 1 N–H and O–H groups in total. The first-order valence-electron chi connectivity index (χ1n) is 5.36. The lowest BCUT2D eigenvalue weighted by atomic mass is 10.4. The Morgan fingerprint density at radius 2 is 1.88 bits per heavy atom. The molecule has 3 heterocycles. The highest BCUT2D eigenvalue weighted by atomic mass is 32.1. The molecule has 0 fully saturated rings. The van der Waals surface area contributed by atoms with Crippen molar-refractivity contribution < 1.29 is 0 Å². The maximum absolute atomic E-state index is 4.30. The normalized spacial score (nSPS) is 10.9. The lowest BCUT2D eigenvalue weighted by Gasteiger charge is -2.12. The molecule has 0 aromatic carbocycles. The second kappa shape index (κ2) is 3.85. The molecule has 3 rings (SSSR count). The van der Waals surface area contributed by atoms with Gasteiger partial charge in [-0.15, -0.1) is 11.3 Å². The second-order valence-corrected chi connectivity index (χ2v) is 4.82. The minimum atomic E-state index is 0.846. The molecular weight excluding hydrogens is 232 g/mol. The number of nitrogens with zero attached hydrogens (tertiary/aromatic N) is 3. The number of anilines is 1. The number of fused-ring (bicyclic) bond motifs is 1. The zero-order valence-electron chi connectivity index (χ0n) is 9.64. The van der Waals surface area contributed by atoms with Gasteiger partial charge in [-0.25, -0.2) is 9.97 Å². The number of hydrogen-bond donors (Lipinski definition) is 1. The summed E-state index contributed by atoms with van der Waals surface area (Å²) in [6, 6.07) is 6.19. The van der Waals surface area contributed by atoms with Gasteiger partial charge in [0.1, 0.15) is 11.2 Å². The molecule has 0 saturated heterocycles. The number of aryl methyl sites for hydroxylation is 2. The quantitative estimate of drug-likeness (QED) is 0.753. The summed E-state index contributed by atoms with van der Waals surface area (Å²) in [7, 11) is 0. The molecule has 0 bridgehead atoms. The molecule has 5 heteroatoms. The van der Waals surface area contributed by atoms with Crippen LogP contribution in [-0.4, -0.2) is 14.6 Å². The van der Waals surface area contributed by atoms with E-state index in [-0.39, 0.29) is 0 Å². The van der Waals surface area contributed by atoms with Crippen LogP contribution in [0.1, 0.15) is 11.4 Å². The van der Waals surface area contributed by atoms with Crippen LogP contribution in [0.4, 0.5) is 5.82 Å². The number of rotatable bonds is 2. The van der Waals surface area contributed by atoms with E-state index in [2.05, 4.69) is 41.4 Å². The monoisotopic (exact) mass is 244 g/mol. The number of thiophene rings is 1. The summed E-state index contributed by atoms with van der Waals surface area (Å²) in [5.74, 6) is 0.846. The van der Waals surface area contributed by atoms with E-state index in [0.29, 0.717) is 0 Å². The third-order valence-corrected chi connectivity index (χ3v) is 3.57. The van der Waals surface area contributed by atoms with Gasteiger partial charge in [0.2, 0.25) is 0 Å². The summed E-state index contributed by atoms with van der Waals surface area (Å²) in [5, 5.41) is 3.09. The van der Waals surface area contributed by atoms with Crippen LogP contribution in [-0.2, 0) is 0 Å². The molecule has 17 heavy (non-hydrogen) atoms. The molecular formula is C12H12N4S. The summed E-state index contributed by atoms with van der Waals surface area (Å²) in [6.45, 7) is 4.12. The fraction of sp³-hybridized carbons (Fsp3) is 0.167. The Bertz CT molecular complexity index is 649. The van der Waals surface area contributed by atoms with Gasteiger partial charge in [-0.3, -0.25) is 10.1 Å². The van der Waals surface area contributed by atoms with Crippen LogP contribution in [0.2, 0.25) is 0 Å². The van der Waals surface area contributed by atoms with Crippen molar-refractivity contribution in [2.24, 2.45) is 0 Å². The minimum Gasteiger partial charge on any atom is -0.277 e. The van der Waals surface area contributed by atoms with E-state index >= 15 is 0 Å². The Morgan fingerprint density at radius 1 is 1.12 bits per heavy atom. The minimum absolute atomic E-state index is 0.846. The van der Waals surface area contributed by atoms with Gasteiger partial charge in [0, 0.05) is 11.4 Å². The zero-order chi connectivity index (χ0) is 11.8. The van der Waals surface area contributed by atoms with Crippen molar-refractivity contribution in [1.82, 2.24) is 14.6 Å². The molecule has 0 saturated carbocycles. The van der Waals surface area contributed by atoms with E-state index in [1.807, 2.05) is 16.1 Å². The van der Waals surface area contributed by atoms with Crippen molar-refractivity contribution in [3.05, 3.63) is 41.3 Å². The SMILES string of the molecule is Cc1ccc(C)n1Nc1ncnc2sccc12. The lowest BCUT2D eigenvalue weighted by molar-refractivity contribution is 0.872. The predicted octanol–water partition coefficient (Wildman–Crippen LogP) is 2.98. The molecule has 3 aromatic rings. The van der Waals surface area contributed by atoms with Crippen molar-refractivity contribution in [3.8, 4) is 0 Å². The van der Waals surface area contributed by atoms with Crippen LogP contribution in [0.15, 0.2) is 29.9 Å². The van der Waals surface area contributed by atoms with Crippen LogP contribution in [0.3, 0.4) is 0 Å². The maximum atomic E-state index is 4.30. The molecule has 3 aromatic heterocycles. The zero-order valence-corrected chi connectivity index (χ0v) is 10.5. The molecule has 0 amide bonds. The van der Waals surface area contributed by atoms with Crippen molar-refractivity contribution in [3.63, 3.8) is 0 Å². The first-order valence-corrected chi connectivity index (χ1v) is 6.24. The summed E-state index contributed by atoms with van der Waals surface area (Å²) < 4.78 is 2.03. The average molecular weight is 244 g/mol. The topological polar surface area (TPSA) is 42.7 Å². The number of nitrogens with one attached hydrogen (secondary N) is 1. The maximum Gasteiger partial charge on any atom is 0.157 e. The van der Waals surface area contributed by atoms with Gasteiger partial charge < -0.3 is 0 Å². The summed E-state index contributed by atoms with van der Waals surface area (Å²) in [5.41, 5.74) is 5.64. The highest BCUT2D eigenvalue weighted by Gasteiger charge is 2.06.